The number of aliphatic hydroxyl groups excluding tert-OH is 1. The van der Waals surface area contributed by atoms with Crippen LogP contribution < -0.4 is 5.73 Å². The minimum absolute atomic E-state index is 0.320. The summed E-state index contributed by atoms with van der Waals surface area (Å²) in [4.78, 5) is 0. The van der Waals surface area contributed by atoms with Crippen molar-refractivity contribution in [2.24, 2.45) is 5.73 Å². The second-order valence-corrected chi connectivity index (χ2v) is 5.09. The van der Waals surface area contributed by atoms with Crippen LogP contribution in [0.1, 0.15) is 20.8 Å². The molecule has 0 aliphatic rings. The average Bonchev–Trinajstić information content (AvgIpc) is 1.53. The van der Waals surface area contributed by atoms with Crippen molar-refractivity contribution in [3.63, 3.8) is 0 Å². The summed E-state index contributed by atoms with van der Waals surface area (Å²) in [6.07, 6.45) is -0.502. The van der Waals surface area contributed by atoms with E-state index in [4.69, 9.17) is 10.8 Å². The van der Waals surface area contributed by atoms with E-state index in [9.17, 15) is 4.21 Å². The van der Waals surface area contributed by atoms with E-state index in [0.717, 1.165) is 0 Å². The summed E-state index contributed by atoms with van der Waals surface area (Å²) in [7, 11) is -0.995. The Kier molecular flexibility index (Phi) is 4.21. The fourth-order valence-corrected chi connectivity index (χ4v) is 2.23. The first kappa shape index (κ1) is 11.1. The topological polar surface area (TPSA) is 63.3 Å². The highest BCUT2D eigenvalue weighted by molar-refractivity contribution is 7.85. The van der Waals surface area contributed by atoms with Crippen molar-refractivity contribution in [3.8, 4) is 0 Å². The lowest BCUT2D eigenvalue weighted by Crippen LogP contribution is -2.39. The molecule has 0 aromatic heterocycles. The highest BCUT2D eigenvalue weighted by Crippen LogP contribution is 2.00. The largest absolute Gasteiger partial charge is 0.392 e. The van der Waals surface area contributed by atoms with Gasteiger partial charge in [0.05, 0.1) is 6.10 Å². The fourth-order valence-electron chi connectivity index (χ4n) is 0.743. The van der Waals surface area contributed by atoms with Crippen molar-refractivity contribution in [2.45, 2.75) is 32.4 Å². The quantitative estimate of drug-likeness (QED) is 0.631. The SMILES string of the molecule is CC(O)CS(=O)CC(C)(C)N. The highest BCUT2D eigenvalue weighted by atomic mass is 32.2. The van der Waals surface area contributed by atoms with Crippen molar-refractivity contribution >= 4 is 10.8 Å². The number of aliphatic hydroxyl groups is 1. The molecule has 0 amide bonds. The zero-order valence-electron chi connectivity index (χ0n) is 7.33. The zero-order valence-corrected chi connectivity index (χ0v) is 8.15. The van der Waals surface area contributed by atoms with E-state index in [0.29, 0.717) is 11.5 Å². The first-order valence-corrected chi connectivity index (χ1v) is 5.12. The Bertz CT molecular complexity index is 140. The number of nitrogens with two attached hydrogens (primary N) is 1. The summed E-state index contributed by atoms with van der Waals surface area (Å²) in [5.41, 5.74) is 5.23. The molecule has 0 radical (unpaired) electrons. The summed E-state index contributed by atoms with van der Waals surface area (Å²) in [5, 5.41) is 8.89. The predicted molar refractivity (Wildman–Crippen MR) is 47.8 cm³/mol. The minimum Gasteiger partial charge on any atom is -0.392 e. The summed E-state index contributed by atoms with van der Waals surface area (Å²) in [6.45, 7) is 5.28. The lowest BCUT2D eigenvalue weighted by Gasteiger charge is -2.17. The van der Waals surface area contributed by atoms with E-state index in [-0.39, 0.29) is 0 Å². The van der Waals surface area contributed by atoms with E-state index in [2.05, 4.69) is 0 Å². The van der Waals surface area contributed by atoms with Crippen LogP contribution in [0.3, 0.4) is 0 Å². The van der Waals surface area contributed by atoms with Gasteiger partial charge in [0, 0.05) is 27.8 Å². The van der Waals surface area contributed by atoms with Gasteiger partial charge in [0.2, 0.25) is 0 Å². The number of hydrogen-bond donors (Lipinski definition) is 2. The van der Waals surface area contributed by atoms with Crippen LogP contribution in [0.15, 0.2) is 0 Å². The van der Waals surface area contributed by atoms with Crippen LogP contribution >= 0.6 is 0 Å². The van der Waals surface area contributed by atoms with Gasteiger partial charge in [0.15, 0.2) is 0 Å². The van der Waals surface area contributed by atoms with Gasteiger partial charge in [0.1, 0.15) is 0 Å². The first-order valence-electron chi connectivity index (χ1n) is 3.63. The third-order valence-corrected chi connectivity index (χ3v) is 2.88. The molecular weight excluding hydrogens is 162 g/mol. The Labute approximate surface area is 70.4 Å². The summed E-state index contributed by atoms with van der Waals surface area (Å²) >= 11 is 0. The maximum absolute atomic E-state index is 11.1. The zero-order chi connectivity index (χ0) is 9.07. The highest BCUT2D eigenvalue weighted by Gasteiger charge is 2.15. The van der Waals surface area contributed by atoms with Crippen LogP contribution in [0, 0.1) is 0 Å². The van der Waals surface area contributed by atoms with Crippen LogP contribution in [-0.2, 0) is 10.8 Å². The van der Waals surface area contributed by atoms with Gasteiger partial charge in [-0.3, -0.25) is 4.21 Å². The molecule has 11 heavy (non-hydrogen) atoms. The van der Waals surface area contributed by atoms with Crippen LogP contribution in [0.25, 0.3) is 0 Å². The molecule has 0 saturated carbocycles. The summed E-state index contributed by atoms with van der Waals surface area (Å²) < 4.78 is 11.1. The molecule has 0 saturated heterocycles. The molecule has 0 aromatic carbocycles. The molecule has 2 atom stereocenters. The second kappa shape index (κ2) is 4.18. The van der Waals surface area contributed by atoms with E-state index in [1.165, 1.54) is 0 Å². The molecule has 3 nitrogen and oxygen atoms in total. The Morgan fingerprint density at radius 2 is 2.09 bits per heavy atom. The molecule has 0 aliphatic carbocycles. The molecule has 0 bridgehead atoms. The van der Waals surface area contributed by atoms with E-state index < -0.39 is 22.4 Å². The monoisotopic (exact) mass is 179 g/mol. The van der Waals surface area contributed by atoms with Gasteiger partial charge in [-0.2, -0.15) is 0 Å². The summed E-state index contributed by atoms with van der Waals surface area (Å²) in [6, 6.07) is 0. The Balaban J connectivity index is 3.71. The molecule has 3 N–H and O–H groups in total. The first-order chi connectivity index (χ1) is 4.81. The van der Waals surface area contributed by atoms with Crippen molar-refractivity contribution < 1.29 is 9.32 Å². The van der Waals surface area contributed by atoms with E-state index in [1.54, 1.807) is 6.92 Å². The van der Waals surface area contributed by atoms with Crippen LogP contribution in [-0.4, -0.2) is 32.5 Å². The molecule has 4 heteroatoms. The molecule has 0 heterocycles. The average molecular weight is 179 g/mol. The standard InChI is InChI=1S/C7H17NO2S/c1-6(9)4-11(10)5-7(2,3)8/h6,9H,4-5,8H2,1-3H3. The van der Waals surface area contributed by atoms with Crippen LogP contribution in [0.2, 0.25) is 0 Å². The van der Waals surface area contributed by atoms with Gasteiger partial charge >= 0.3 is 0 Å². The van der Waals surface area contributed by atoms with E-state index in [1.807, 2.05) is 13.8 Å². The van der Waals surface area contributed by atoms with Crippen molar-refractivity contribution in [3.05, 3.63) is 0 Å². The number of hydrogen-bond acceptors (Lipinski definition) is 3. The smallest absolute Gasteiger partial charge is 0.0627 e. The third kappa shape index (κ3) is 7.97. The molecule has 0 aliphatic heterocycles. The fraction of sp³-hybridized carbons (Fsp3) is 1.00. The predicted octanol–water partition coefficient (Wildman–Crippen LogP) is -0.147. The Morgan fingerprint density at radius 1 is 1.64 bits per heavy atom. The lowest BCUT2D eigenvalue weighted by atomic mass is 10.1. The molecule has 2 unspecified atom stereocenters. The normalized spacial score (nSPS) is 17.9. The molecule has 0 rings (SSSR count). The molecular formula is C7H17NO2S. The van der Waals surface area contributed by atoms with Gasteiger partial charge in [-0.25, -0.2) is 0 Å². The van der Waals surface area contributed by atoms with E-state index >= 15 is 0 Å². The van der Waals surface area contributed by atoms with Gasteiger partial charge in [-0.05, 0) is 20.8 Å². The van der Waals surface area contributed by atoms with Crippen molar-refractivity contribution in [1.29, 1.82) is 0 Å². The third-order valence-electron chi connectivity index (χ3n) is 0.960. The van der Waals surface area contributed by atoms with Crippen molar-refractivity contribution in [1.82, 2.24) is 0 Å². The molecule has 68 valence electrons. The van der Waals surface area contributed by atoms with Crippen molar-refractivity contribution in [2.75, 3.05) is 11.5 Å². The lowest BCUT2D eigenvalue weighted by molar-refractivity contribution is 0.219. The maximum atomic E-state index is 11.1. The maximum Gasteiger partial charge on any atom is 0.0627 e. The molecule has 0 spiro atoms. The minimum atomic E-state index is -0.995. The Morgan fingerprint density at radius 3 is 2.36 bits per heavy atom. The van der Waals surface area contributed by atoms with Crippen LogP contribution in [0.4, 0.5) is 0 Å². The Hall–Kier alpha value is 0.0700. The second-order valence-electron chi connectivity index (χ2n) is 3.59. The molecule has 0 fully saturated rings. The van der Waals surface area contributed by atoms with Gasteiger partial charge in [-0.15, -0.1) is 0 Å². The van der Waals surface area contributed by atoms with Gasteiger partial charge < -0.3 is 10.8 Å². The molecule has 0 aromatic rings. The van der Waals surface area contributed by atoms with Gasteiger partial charge in [0.25, 0.3) is 0 Å². The van der Waals surface area contributed by atoms with Crippen LogP contribution in [0.5, 0.6) is 0 Å². The van der Waals surface area contributed by atoms with Gasteiger partial charge in [-0.1, -0.05) is 0 Å². The number of rotatable bonds is 4. The summed E-state index contributed by atoms with van der Waals surface area (Å²) in [5.74, 6) is 0.762.